The lowest BCUT2D eigenvalue weighted by Crippen LogP contribution is -2.31. The highest BCUT2D eigenvalue weighted by Gasteiger charge is 2.10. The summed E-state index contributed by atoms with van der Waals surface area (Å²) in [5, 5.41) is 5.36. The number of pyridine rings is 1. The first-order valence-corrected chi connectivity index (χ1v) is 8.41. The predicted molar refractivity (Wildman–Crippen MR) is 90.5 cm³/mol. The van der Waals surface area contributed by atoms with E-state index in [0.717, 1.165) is 22.9 Å². The quantitative estimate of drug-likeness (QED) is 0.836. The van der Waals surface area contributed by atoms with Gasteiger partial charge in [0.15, 0.2) is 0 Å². The van der Waals surface area contributed by atoms with Gasteiger partial charge in [-0.3, -0.25) is 4.98 Å². The Labute approximate surface area is 126 Å². The Balaban J connectivity index is 2.01. The summed E-state index contributed by atoms with van der Waals surface area (Å²) in [4.78, 5) is 4.76. The Hall–Kier alpha value is -1.06. The zero-order valence-corrected chi connectivity index (χ0v) is 13.4. The van der Waals surface area contributed by atoms with Crippen LogP contribution in [0.4, 0.5) is 0 Å². The van der Waals surface area contributed by atoms with Gasteiger partial charge in [0.2, 0.25) is 0 Å². The van der Waals surface area contributed by atoms with E-state index in [1.165, 1.54) is 17.5 Å². The van der Waals surface area contributed by atoms with Crippen LogP contribution in [0.2, 0.25) is 0 Å². The van der Waals surface area contributed by atoms with Gasteiger partial charge in [-0.15, -0.1) is 0 Å². The minimum Gasteiger partial charge on any atom is -0.316 e. The van der Waals surface area contributed by atoms with Gasteiger partial charge in [0.05, 0.1) is 5.52 Å². The van der Waals surface area contributed by atoms with Crippen LogP contribution in [0.3, 0.4) is 0 Å². The molecule has 2 aromatic rings. The number of nitrogens with zero attached hydrogens (tertiary/aromatic N) is 1. The number of para-hydroxylation sites is 1. The van der Waals surface area contributed by atoms with Crippen molar-refractivity contribution < 1.29 is 0 Å². The van der Waals surface area contributed by atoms with Crippen LogP contribution in [0, 0.1) is 0 Å². The van der Waals surface area contributed by atoms with Crippen molar-refractivity contribution in [3.8, 4) is 0 Å². The molecule has 3 heteroatoms. The monoisotopic (exact) mass is 288 g/mol. The molecule has 2 rings (SSSR count). The third kappa shape index (κ3) is 4.22. The van der Waals surface area contributed by atoms with Crippen LogP contribution in [0.15, 0.2) is 36.4 Å². The molecule has 1 N–H and O–H groups in total. The summed E-state index contributed by atoms with van der Waals surface area (Å²) in [6, 6.07) is 13.1. The summed E-state index contributed by atoms with van der Waals surface area (Å²) in [6.07, 6.45) is 2.22. The number of benzene rings is 1. The van der Waals surface area contributed by atoms with Crippen molar-refractivity contribution in [1.29, 1.82) is 0 Å². The van der Waals surface area contributed by atoms with E-state index in [4.69, 9.17) is 4.98 Å². The molecule has 1 heterocycles. The maximum absolute atomic E-state index is 4.76. The molecular formula is C17H24N2S. The number of rotatable bonds is 7. The average molecular weight is 288 g/mol. The molecule has 1 aromatic carbocycles. The molecule has 108 valence electrons. The summed E-state index contributed by atoms with van der Waals surface area (Å²) in [5.74, 6) is 1.14. The van der Waals surface area contributed by atoms with Crippen LogP contribution in [0.1, 0.15) is 26.0 Å². The summed E-state index contributed by atoms with van der Waals surface area (Å²) < 4.78 is 0. The summed E-state index contributed by atoms with van der Waals surface area (Å²) in [6.45, 7) is 4.54. The maximum atomic E-state index is 4.76. The summed E-state index contributed by atoms with van der Waals surface area (Å²) in [7, 11) is 2.04. The van der Waals surface area contributed by atoms with Crippen LogP contribution >= 0.6 is 11.8 Å². The van der Waals surface area contributed by atoms with E-state index in [2.05, 4.69) is 49.5 Å². The molecule has 2 unspecified atom stereocenters. The first-order chi connectivity index (χ1) is 9.72. The summed E-state index contributed by atoms with van der Waals surface area (Å²) >= 11 is 2.04. The van der Waals surface area contributed by atoms with Gasteiger partial charge in [0, 0.05) is 34.5 Å². The van der Waals surface area contributed by atoms with E-state index in [9.17, 15) is 0 Å². The maximum Gasteiger partial charge on any atom is 0.0705 e. The molecule has 1 aromatic heterocycles. The molecule has 2 nitrogen and oxygen atoms in total. The fourth-order valence-electron chi connectivity index (χ4n) is 2.12. The van der Waals surface area contributed by atoms with Gasteiger partial charge in [-0.1, -0.05) is 38.1 Å². The highest BCUT2D eigenvalue weighted by molar-refractivity contribution is 7.99. The van der Waals surface area contributed by atoms with E-state index in [1.807, 2.05) is 24.9 Å². The third-order valence-electron chi connectivity index (χ3n) is 3.68. The van der Waals surface area contributed by atoms with E-state index in [-0.39, 0.29) is 0 Å². The molecule has 0 radical (unpaired) electrons. The van der Waals surface area contributed by atoms with Crippen LogP contribution in [0.5, 0.6) is 0 Å². The topological polar surface area (TPSA) is 24.9 Å². The molecule has 0 bridgehead atoms. The largest absolute Gasteiger partial charge is 0.316 e. The minimum absolute atomic E-state index is 0.489. The second-order valence-electron chi connectivity index (χ2n) is 5.24. The molecule has 0 saturated carbocycles. The number of aromatic nitrogens is 1. The van der Waals surface area contributed by atoms with Crippen molar-refractivity contribution in [2.45, 2.75) is 38.0 Å². The van der Waals surface area contributed by atoms with Gasteiger partial charge in [0.25, 0.3) is 0 Å². The van der Waals surface area contributed by atoms with Crippen molar-refractivity contribution >= 4 is 22.7 Å². The van der Waals surface area contributed by atoms with Crippen molar-refractivity contribution in [1.82, 2.24) is 10.3 Å². The Morgan fingerprint density at radius 1 is 1.20 bits per heavy atom. The van der Waals surface area contributed by atoms with E-state index in [1.54, 1.807) is 0 Å². The number of fused-ring (bicyclic) bond motifs is 1. The summed E-state index contributed by atoms with van der Waals surface area (Å²) in [5.41, 5.74) is 2.27. The number of hydrogen-bond donors (Lipinski definition) is 1. The van der Waals surface area contributed by atoms with E-state index < -0.39 is 0 Å². The van der Waals surface area contributed by atoms with Gasteiger partial charge in [-0.2, -0.15) is 11.8 Å². The molecule has 0 fully saturated rings. The lowest BCUT2D eigenvalue weighted by molar-refractivity contribution is 0.609. The minimum atomic E-state index is 0.489. The van der Waals surface area contributed by atoms with Crippen LogP contribution in [-0.2, 0) is 6.42 Å². The van der Waals surface area contributed by atoms with Gasteiger partial charge in [-0.25, -0.2) is 0 Å². The Morgan fingerprint density at radius 2 is 2.00 bits per heavy atom. The molecule has 0 aliphatic rings. The zero-order valence-electron chi connectivity index (χ0n) is 12.6. The van der Waals surface area contributed by atoms with Gasteiger partial charge >= 0.3 is 0 Å². The Bertz CT molecular complexity index is 541. The molecule has 0 aliphatic carbocycles. The number of thioether (sulfide) groups is 1. The first-order valence-electron chi connectivity index (χ1n) is 7.36. The second kappa shape index (κ2) is 7.65. The molecule has 0 spiro atoms. The zero-order chi connectivity index (χ0) is 14.4. The van der Waals surface area contributed by atoms with Gasteiger partial charge in [0.1, 0.15) is 0 Å². The SMILES string of the molecule is CCC(C)SCC(Cc1ccc2ccccc2n1)NC. The lowest BCUT2D eigenvalue weighted by atomic mass is 10.1. The van der Waals surface area contributed by atoms with Crippen LogP contribution < -0.4 is 5.32 Å². The fraction of sp³-hybridized carbons (Fsp3) is 0.471. The van der Waals surface area contributed by atoms with Crippen LogP contribution in [-0.4, -0.2) is 29.1 Å². The fourth-order valence-corrected chi connectivity index (χ4v) is 3.20. The highest BCUT2D eigenvalue weighted by Crippen LogP contribution is 2.17. The van der Waals surface area contributed by atoms with E-state index in [0.29, 0.717) is 6.04 Å². The van der Waals surface area contributed by atoms with Crippen LogP contribution in [0.25, 0.3) is 10.9 Å². The molecule has 20 heavy (non-hydrogen) atoms. The predicted octanol–water partition coefficient (Wildman–Crippen LogP) is 3.90. The Kier molecular flexibility index (Phi) is 5.86. The van der Waals surface area contributed by atoms with Crippen molar-refractivity contribution in [2.75, 3.05) is 12.8 Å². The number of likely N-dealkylation sites (N-methyl/N-ethyl adjacent to an activating group) is 1. The standard InChI is InChI=1S/C17H24N2S/c1-4-13(2)20-12-16(18-3)11-15-10-9-14-7-5-6-8-17(14)19-15/h5-10,13,16,18H,4,11-12H2,1-3H3. The van der Waals surface area contributed by atoms with Gasteiger partial charge in [-0.05, 0) is 25.6 Å². The van der Waals surface area contributed by atoms with Crippen molar-refractivity contribution in [3.63, 3.8) is 0 Å². The lowest BCUT2D eigenvalue weighted by Gasteiger charge is -2.18. The molecule has 0 aliphatic heterocycles. The number of hydrogen-bond acceptors (Lipinski definition) is 3. The molecule has 2 atom stereocenters. The average Bonchev–Trinajstić information content (AvgIpc) is 2.50. The Morgan fingerprint density at radius 3 is 2.75 bits per heavy atom. The molecular weight excluding hydrogens is 264 g/mol. The van der Waals surface area contributed by atoms with Crippen molar-refractivity contribution in [3.05, 3.63) is 42.1 Å². The molecule has 0 amide bonds. The normalized spacial score (nSPS) is 14.3. The third-order valence-corrected chi connectivity index (χ3v) is 5.17. The second-order valence-corrected chi connectivity index (χ2v) is 6.71. The van der Waals surface area contributed by atoms with E-state index >= 15 is 0 Å². The highest BCUT2D eigenvalue weighted by atomic mass is 32.2. The van der Waals surface area contributed by atoms with Crippen molar-refractivity contribution in [2.24, 2.45) is 0 Å². The number of nitrogens with one attached hydrogen (secondary N) is 1. The van der Waals surface area contributed by atoms with Gasteiger partial charge < -0.3 is 5.32 Å². The molecule has 0 saturated heterocycles. The first kappa shape index (κ1) is 15.3. The smallest absolute Gasteiger partial charge is 0.0705 e.